The maximum absolute atomic E-state index is 9.76. The minimum Gasteiger partial charge on any atom is -0.497 e. The van der Waals surface area contributed by atoms with Gasteiger partial charge in [-0.2, -0.15) is 0 Å². The summed E-state index contributed by atoms with van der Waals surface area (Å²) in [6.07, 6.45) is 0.254. The molecule has 0 radical (unpaired) electrons. The van der Waals surface area contributed by atoms with Gasteiger partial charge in [-0.15, -0.1) is 0 Å². The molecule has 0 fully saturated rings. The molecular formula is C17H19BrO3. The Morgan fingerprint density at radius 3 is 2.48 bits per heavy atom. The molecule has 112 valence electrons. The van der Waals surface area contributed by atoms with Gasteiger partial charge in [0, 0.05) is 16.5 Å². The second-order valence-corrected chi connectivity index (χ2v) is 5.72. The van der Waals surface area contributed by atoms with Gasteiger partial charge in [-0.3, -0.25) is 0 Å². The number of halogens is 1. The largest absolute Gasteiger partial charge is 0.497 e. The number of aliphatic hydroxyl groups is 1. The lowest BCUT2D eigenvalue weighted by atomic mass is 10.1. The number of rotatable bonds is 6. The van der Waals surface area contributed by atoms with Crippen molar-refractivity contribution < 1.29 is 14.6 Å². The maximum atomic E-state index is 9.76. The highest BCUT2D eigenvalue weighted by Gasteiger charge is 2.09. The number of methoxy groups -OCH3 is 1. The zero-order valence-electron chi connectivity index (χ0n) is 12.2. The van der Waals surface area contributed by atoms with E-state index in [2.05, 4.69) is 15.9 Å². The summed E-state index contributed by atoms with van der Waals surface area (Å²) < 4.78 is 11.9. The highest BCUT2D eigenvalue weighted by atomic mass is 79.9. The average Bonchev–Trinajstić information content (AvgIpc) is 2.48. The van der Waals surface area contributed by atoms with E-state index in [0.717, 1.165) is 22.2 Å². The Balaban J connectivity index is 1.97. The first-order valence-electron chi connectivity index (χ1n) is 6.83. The van der Waals surface area contributed by atoms with Gasteiger partial charge in [-0.25, -0.2) is 0 Å². The molecule has 0 saturated carbocycles. The molecule has 4 heteroatoms. The van der Waals surface area contributed by atoms with Crippen LogP contribution in [-0.4, -0.2) is 18.8 Å². The van der Waals surface area contributed by atoms with Crippen molar-refractivity contribution in [1.82, 2.24) is 0 Å². The van der Waals surface area contributed by atoms with Crippen molar-refractivity contribution in [2.45, 2.75) is 19.4 Å². The molecule has 0 amide bonds. The van der Waals surface area contributed by atoms with Crippen molar-refractivity contribution >= 4 is 15.9 Å². The molecule has 3 nitrogen and oxygen atoms in total. The molecule has 21 heavy (non-hydrogen) atoms. The quantitative estimate of drug-likeness (QED) is 0.850. The summed E-state index contributed by atoms with van der Waals surface area (Å²) in [6, 6.07) is 13.6. The van der Waals surface area contributed by atoms with Crippen molar-refractivity contribution in [2.24, 2.45) is 0 Å². The van der Waals surface area contributed by atoms with Gasteiger partial charge in [0.15, 0.2) is 0 Å². The first kappa shape index (κ1) is 15.9. The zero-order chi connectivity index (χ0) is 15.2. The van der Waals surface area contributed by atoms with Crippen LogP contribution in [0.1, 0.15) is 24.2 Å². The van der Waals surface area contributed by atoms with Gasteiger partial charge in [0.25, 0.3) is 0 Å². The monoisotopic (exact) mass is 350 g/mol. The van der Waals surface area contributed by atoms with Crippen molar-refractivity contribution in [3.63, 3.8) is 0 Å². The normalized spacial score (nSPS) is 12.0. The fourth-order valence-electron chi connectivity index (χ4n) is 2.05. The molecule has 1 N–H and O–H groups in total. The van der Waals surface area contributed by atoms with Gasteiger partial charge < -0.3 is 14.6 Å². The van der Waals surface area contributed by atoms with Gasteiger partial charge >= 0.3 is 0 Å². The van der Waals surface area contributed by atoms with E-state index in [9.17, 15) is 5.11 Å². The summed E-state index contributed by atoms with van der Waals surface area (Å²) in [5.74, 6) is 1.57. The lowest BCUT2D eigenvalue weighted by molar-refractivity contribution is 0.191. The Bertz CT molecular complexity index is 579. The number of hydrogen-bond acceptors (Lipinski definition) is 3. The Hall–Kier alpha value is -1.52. The summed E-state index contributed by atoms with van der Waals surface area (Å²) in [6.45, 7) is 2.29. The van der Waals surface area contributed by atoms with Crippen LogP contribution in [0.3, 0.4) is 0 Å². The molecule has 0 spiro atoms. The van der Waals surface area contributed by atoms with E-state index in [1.165, 1.54) is 5.56 Å². The molecule has 0 aliphatic carbocycles. The van der Waals surface area contributed by atoms with E-state index in [4.69, 9.17) is 9.47 Å². The van der Waals surface area contributed by atoms with Crippen LogP contribution in [0.5, 0.6) is 11.5 Å². The molecule has 2 aromatic rings. The number of benzene rings is 2. The second kappa shape index (κ2) is 7.48. The Morgan fingerprint density at radius 2 is 1.86 bits per heavy atom. The topological polar surface area (TPSA) is 38.7 Å². The third kappa shape index (κ3) is 4.48. The predicted molar refractivity (Wildman–Crippen MR) is 87.0 cm³/mol. The van der Waals surface area contributed by atoms with Crippen LogP contribution >= 0.6 is 15.9 Å². The summed E-state index contributed by atoms with van der Waals surface area (Å²) in [7, 11) is 1.66. The molecule has 1 atom stereocenters. The Morgan fingerprint density at radius 1 is 1.14 bits per heavy atom. The standard InChI is InChI=1S/C17H19BrO3/c1-12(19)16-8-5-14(18)11-17(16)21-10-9-13-3-6-15(20-2)7-4-13/h3-8,11-12,19H,9-10H2,1-2H3/t12-/m1/s1. The fourth-order valence-corrected chi connectivity index (χ4v) is 2.39. The molecule has 0 heterocycles. The number of ether oxygens (including phenoxy) is 2. The Kier molecular flexibility index (Phi) is 5.65. The minimum atomic E-state index is -0.547. The Labute approximate surface area is 133 Å². The summed E-state index contributed by atoms with van der Waals surface area (Å²) in [4.78, 5) is 0. The lowest BCUT2D eigenvalue weighted by Gasteiger charge is -2.14. The van der Waals surface area contributed by atoms with Gasteiger partial charge in [0.1, 0.15) is 11.5 Å². The van der Waals surface area contributed by atoms with Gasteiger partial charge in [0.05, 0.1) is 19.8 Å². The van der Waals surface area contributed by atoms with E-state index in [1.807, 2.05) is 42.5 Å². The van der Waals surface area contributed by atoms with E-state index in [1.54, 1.807) is 14.0 Å². The highest BCUT2D eigenvalue weighted by Crippen LogP contribution is 2.28. The number of aliphatic hydroxyl groups excluding tert-OH is 1. The van der Waals surface area contributed by atoms with Gasteiger partial charge in [-0.05, 0) is 36.8 Å². The molecule has 0 unspecified atom stereocenters. The van der Waals surface area contributed by atoms with Crippen LogP contribution in [0.4, 0.5) is 0 Å². The van der Waals surface area contributed by atoms with Crippen LogP contribution in [-0.2, 0) is 6.42 Å². The zero-order valence-corrected chi connectivity index (χ0v) is 13.8. The first-order chi connectivity index (χ1) is 10.1. The summed E-state index contributed by atoms with van der Waals surface area (Å²) in [5, 5.41) is 9.76. The summed E-state index contributed by atoms with van der Waals surface area (Å²) in [5.41, 5.74) is 1.98. The third-order valence-corrected chi connectivity index (χ3v) is 3.73. The van der Waals surface area contributed by atoms with Crippen molar-refractivity contribution in [3.8, 4) is 11.5 Å². The maximum Gasteiger partial charge on any atom is 0.126 e. The fraction of sp³-hybridized carbons (Fsp3) is 0.294. The molecule has 2 aromatic carbocycles. The van der Waals surface area contributed by atoms with Crippen LogP contribution in [0.25, 0.3) is 0 Å². The molecule has 0 bridgehead atoms. The van der Waals surface area contributed by atoms with E-state index < -0.39 is 6.10 Å². The minimum absolute atomic E-state index is 0.547. The molecular weight excluding hydrogens is 332 g/mol. The highest BCUT2D eigenvalue weighted by molar-refractivity contribution is 9.10. The smallest absolute Gasteiger partial charge is 0.126 e. The molecule has 0 aromatic heterocycles. The third-order valence-electron chi connectivity index (χ3n) is 3.23. The molecule has 0 aliphatic heterocycles. The van der Waals surface area contributed by atoms with Gasteiger partial charge in [-0.1, -0.05) is 34.1 Å². The predicted octanol–water partition coefficient (Wildman–Crippen LogP) is 4.13. The van der Waals surface area contributed by atoms with E-state index >= 15 is 0 Å². The van der Waals surface area contributed by atoms with Crippen molar-refractivity contribution in [2.75, 3.05) is 13.7 Å². The van der Waals surface area contributed by atoms with E-state index in [0.29, 0.717) is 12.4 Å². The summed E-state index contributed by atoms with van der Waals surface area (Å²) >= 11 is 3.42. The lowest BCUT2D eigenvalue weighted by Crippen LogP contribution is -2.05. The van der Waals surface area contributed by atoms with Crippen LogP contribution in [0.2, 0.25) is 0 Å². The van der Waals surface area contributed by atoms with Crippen LogP contribution in [0, 0.1) is 0 Å². The number of hydrogen-bond donors (Lipinski definition) is 1. The first-order valence-corrected chi connectivity index (χ1v) is 7.62. The second-order valence-electron chi connectivity index (χ2n) is 4.80. The molecule has 0 aliphatic rings. The van der Waals surface area contributed by atoms with Crippen molar-refractivity contribution in [1.29, 1.82) is 0 Å². The average molecular weight is 351 g/mol. The molecule has 2 rings (SSSR count). The van der Waals surface area contributed by atoms with Crippen molar-refractivity contribution in [3.05, 3.63) is 58.1 Å². The SMILES string of the molecule is COc1ccc(CCOc2cc(Br)ccc2[C@@H](C)O)cc1. The van der Waals surface area contributed by atoms with Crippen LogP contribution in [0.15, 0.2) is 46.9 Å². The van der Waals surface area contributed by atoms with E-state index in [-0.39, 0.29) is 0 Å². The molecule has 0 saturated heterocycles. The van der Waals surface area contributed by atoms with Crippen LogP contribution < -0.4 is 9.47 Å². The van der Waals surface area contributed by atoms with Gasteiger partial charge in [0.2, 0.25) is 0 Å².